The number of furan rings is 1. The molecule has 0 fully saturated rings. The van der Waals surface area contributed by atoms with E-state index in [1.807, 2.05) is 48.5 Å². The average molecular weight is 766 g/mol. The van der Waals surface area contributed by atoms with E-state index in [2.05, 4.69) is 164 Å². The van der Waals surface area contributed by atoms with Gasteiger partial charge in [-0.15, -0.1) is 0 Å². The molecule has 0 unspecified atom stereocenters. The zero-order valence-corrected chi connectivity index (χ0v) is 32.0. The first kappa shape index (κ1) is 33.5. The summed E-state index contributed by atoms with van der Waals surface area (Å²) in [4.78, 5) is 6.44. The third-order valence-corrected chi connectivity index (χ3v) is 11.9. The standard InChI is InChI=1S/C54H31N5O/c1-56-45-32-49(35(33-55)30-50(45)58-46-22-12-10-21-43(46)52-39-19-9-8-14-34(39)24-28-48(52)58)59-47-29-25-38(57(36-15-4-2-5-16-36)37-17-6-3-7-18-37)31-44(47)41-26-27-42-40-20-11-13-23-51(40)60-54(42)53(41)59/h2-32H. The van der Waals surface area contributed by atoms with Gasteiger partial charge in [0, 0.05) is 49.4 Å². The fraction of sp³-hybridized carbons (Fsp3) is 0. The number of aromatic nitrogens is 2. The molecule has 278 valence electrons. The number of benzene rings is 9. The molecule has 12 rings (SSSR count). The molecule has 0 aliphatic rings. The Morgan fingerprint density at radius 1 is 0.500 bits per heavy atom. The molecule has 0 saturated heterocycles. The normalized spacial score (nSPS) is 11.6. The molecule has 0 saturated carbocycles. The minimum Gasteiger partial charge on any atom is -0.454 e. The van der Waals surface area contributed by atoms with E-state index in [1.165, 1.54) is 0 Å². The van der Waals surface area contributed by atoms with Crippen LogP contribution in [0.25, 0.3) is 92.5 Å². The van der Waals surface area contributed by atoms with E-state index >= 15 is 0 Å². The topological polar surface area (TPSA) is 54.4 Å². The van der Waals surface area contributed by atoms with E-state index in [-0.39, 0.29) is 0 Å². The van der Waals surface area contributed by atoms with E-state index in [0.717, 1.165) is 93.4 Å². The van der Waals surface area contributed by atoms with Crippen LogP contribution in [0.5, 0.6) is 0 Å². The van der Waals surface area contributed by atoms with Crippen molar-refractivity contribution in [3.63, 3.8) is 0 Å². The molecule has 60 heavy (non-hydrogen) atoms. The summed E-state index contributed by atoms with van der Waals surface area (Å²) in [5.74, 6) is 0. The van der Waals surface area contributed by atoms with Gasteiger partial charge in [-0.25, -0.2) is 4.85 Å². The summed E-state index contributed by atoms with van der Waals surface area (Å²) in [6.45, 7) is 8.65. The Kier molecular flexibility index (Phi) is 7.26. The largest absolute Gasteiger partial charge is 0.454 e. The minimum atomic E-state index is 0.433. The Morgan fingerprint density at radius 2 is 1.15 bits per heavy atom. The van der Waals surface area contributed by atoms with Crippen LogP contribution in [-0.4, -0.2) is 9.13 Å². The summed E-state index contributed by atoms with van der Waals surface area (Å²) in [5.41, 5.74) is 10.4. The third kappa shape index (κ3) is 4.80. The van der Waals surface area contributed by atoms with Gasteiger partial charge in [0.2, 0.25) is 5.69 Å². The lowest BCUT2D eigenvalue weighted by atomic mass is 10.0. The van der Waals surface area contributed by atoms with E-state index in [0.29, 0.717) is 22.6 Å². The zero-order chi connectivity index (χ0) is 39.9. The predicted molar refractivity (Wildman–Crippen MR) is 246 cm³/mol. The fourth-order valence-electron chi connectivity index (χ4n) is 9.37. The molecule has 6 nitrogen and oxygen atoms in total. The molecule has 3 aromatic heterocycles. The molecule has 3 heterocycles. The minimum absolute atomic E-state index is 0.433. The van der Waals surface area contributed by atoms with Crippen LogP contribution in [0.15, 0.2) is 192 Å². The zero-order valence-electron chi connectivity index (χ0n) is 32.0. The van der Waals surface area contributed by atoms with Gasteiger partial charge in [0.05, 0.1) is 45.6 Å². The predicted octanol–water partition coefficient (Wildman–Crippen LogP) is 14.8. The molecular formula is C54H31N5O. The Labute approximate surface area is 344 Å². The van der Waals surface area contributed by atoms with Crippen LogP contribution >= 0.6 is 0 Å². The number of rotatable bonds is 5. The summed E-state index contributed by atoms with van der Waals surface area (Å²) in [6, 6.07) is 66.9. The SMILES string of the molecule is [C-]#[N+]c1cc(-n2c3ccc(N(c4ccccc4)c4ccccc4)cc3c3ccc4c5ccccc5oc4c32)c(C#N)cc1-n1c2ccccc2c2c3ccccc3ccc21. The van der Waals surface area contributed by atoms with Crippen molar-refractivity contribution in [2.24, 2.45) is 0 Å². The number of nitriles is 1. The summed E-state index contributed by atoms with van der Waals surface area (Å²) < 4.78 is 11.0. The van der Waals surface area contributed by atoms with E-state index in [9.17, 15) is 5.26 Å². The molecular weight excluding hydrogens is 735 g/mol. The molecule has 0 amide bonds. The smallest absolute Gasteiger partial charge is 0.212 e. The molecule has 0 radical (unpaired) electrons. The number of anilines is 3. The fourth-order valence-corrected chi connectivity index (χ4v) is 9.37. The van der Waals surface area contributed by atoms with Crippen molar-refractivity contribution >= 4 is 99.1 Å². The van der Waals surface area contributed by atoms with Crippen molar-refractivity contribution in [3.05, 3.63) is 205 Å². The molecule has 6 heteroatoms. The van der Waals surface area contributed by atoms with Gasteiger partial charge in [0.25, 0.3) is 0 Å². The summed E-state index contributed by atoms with van der Waals surface area (Å²) in [5, 5.41) is 19.6. The van der Waals surface area contributed by atoms with Gasteiger partial charge in [0.1, 0.15) is 11.7 Å². The molecule has 0 aliphatic carbocycles. The third-order valence-electron chi connectivity index (χ3n) is 11.9. The Balaban J connectivity index is 1.16. The Hall–Kier alpha value is -8.58. The molecule has 9 aromatic carbocycles. The number of hydrogen-bond acceptors (Lipinski definition) is 3. The molecule has 0 bridgehead atoms. The van der Waals surface area contributed by atoms with Crippen molar-refractivity contribution in [3.8, 4) is 17.4 Å². The molecule has 0 N–H and O–H groups in total. The number of hydrogen-bond donors (Lipinski definition) is 0. The van der Waals surface area contributed by atoms with Gasteiger partial charge < -0.3 is 18.5 Å². The maximum atomic E-state index is 11.1. The van der Waals surface area contributed by atoms with Crippen molar-refractivity contribution < 1.29 is 4.42 Å². The quantitative estimate of drug-likeness (QED) is 0.164. The van der Waals surface area contributed by atoms with Gasteiger partial charge in [-0.2, -0.15) is 5.26 Å². The highest BCUT2D eigenvalue weighted by molar-refractivity contribution is 6.23. The van der Waals surface area contributed by atoms with Crippen LogP contribution in [0, 0.1) is 17.9 Å². The number of fused-ring (bicyclic) bond motifs is 12. The summed E-state index contributed by atoms with van der Waals surface area (Å²) in [6.07, 6.45) is 0. The highest BCUT2D eigenvalue weighted by Gasteiger charge is 2.25. The van der Waals surface area contributed by atoms with Crippen LogP contribution in [0.1, 0.15) is 5.56 Å². The van der Waals surface area contributed by atoms with Gasteiger partial charge >= 0.3 is 0 Å². The first-order valence-electron chi connectivity index (χ1n) is 19.9. The molecule has 0 spiro atoms. The van der Waals surface area contributed by atoms with Gasteiger partial charge in [-0.05, 0) is 89.6 Å². The summed E-state index contributed by atoms with van der Waals surface area (Å²) in [7, 11) is 0. The lowest BCUT2D eigenvalue weighted by Crippen LogP contribution is -2.09. The van der Waals surface area contributed by atoms with Crippen molar-refractivity contribution in [1.29, 1.82) is 5.26 Å². The maximum Gasteiger partial charge on any atom is 0.212 e. The maximum absolute atomic E-state index is 11.1. The first-order chi connectivity index (χ1) is 29.7. The average Bonchev–Trinajstić information content (AvgIpc) is 3.97. The Bertz CT molecular complexity index is 3760. The molecule has 0 atom stereocenters. The second-order valence-electron chi connectivity index (χ2n) is 15.1. The second-order valence-corrected chi connectivity index (χ2v) is 15.1. The van der Waals surface area contributed by atoms with Crippen LogP contribution < -0.4 is 4.90 Å². The monoisotopic (exact) mass is 765 g/mol. The lowest BCUT2D eigenvalue weighted by molar-refractivity contribution is 0.671. The van der Waals surface area contributed by atoms with Crippen LogP contribution in [0.2, 0.25) is 0 Å². The van der Waals surface area contributed by atoms with Gasteiger partial charge in [0.15, 0.2) is 5.58 Å². The van der Waals surface area contributed by atoms with E-state index < -0.39 is 0 Å². The van der Waals surface area contributed by atoms with Gasteiger partial charge in [-0.3, -0.25) is 0 Å². The van der Waals surface area contributed by atoms with E-state index in [4.69, 9.17) is 11.0 Å². The van der Waals surface area contributed by atoms with Crippen molar-refractivity contribution in [2.75, 3.05) is 4.90 Å². The Morgan fingerprint density at radius 3 is 1.92 bits per heavy atom. The first-order valence-corrected chi connectivity index (χ1v) is 19.9. The highest BCUT2D eigenvalue weighted by atomic mass is 16.3. The van der Waals surface area contributed by atoms with Crippen LogP contribution in [0.3, 0.4) is 0 Å². The van der Waals surface area contributed by atoms with Crippen LogP contribution in [-0.2, 0) is 0 Å². The lowest BCUT2D eigenvalue weighted by Gasteiger charge is -2.25. The van der Waals surface area contributed by atoms with Crippen molar-refractivity contribution in [2.45, 2.75) is 0 Å². The molecule has 12 aromatic rings. The molecule has 0 aliphatic heterocycles. The van der Waals surface area contributed by atoms with Crippen molar-refractivity contribution in [1.82, 2.24) is 9.13 Å². The van der Waals surface area contributed by atoms with Gasteiger partial charge in [-0.1, -0.05) is 109 Å². The number of nitrogens with zero attached hydrogens (tertiary/aromatic N) is 5. The second kappa shape index (κ2) is 13.0. The van der Waals surface area contributed by atoms with Crippen LogP contribution in [0.4, 0.5) is 22.7 Å². The summed E-state index contributed by atoms with van der Waals surface area (Å²) >= 11 is 0. The van der Waals surface area contributed by atoms with E-state index in [1.54, 1.807) is 0 Å². The highest BCUT2D eigenvalue weighted by Crippen LogP contribution is 2.46. The number of para-hydroxylation sites is 4.